The molecule has 0 unspecified atom stereocenters. The minimum atomic E-state index is -0.558. The van der Waals surface area contributed by atoms with E-state index in [0.29, 0.717) is 6.54 Å². The molecule has 0 aromatic carbocycles. The van der Waals surface area contributed by atoms with E-state index in [0.717, 1.165) is 19.6 Å². The van der Waals surface area contributed by atoms with Gasteiger partial charge in [0.2, 0.25) is 11.8 Å². The summed E-state index contributed by atoms with van der Waals surface area (Å²) in [6.07, 6.45) is 2.49. The van der Waals surface area contributed by atoms with Crippen LogP contribution in [-0.2, 0) is 9.59 Å². The summed E-state index contributed by atoms with van der Waals surface area (Å²) in [6.45, 7) is 7.50. The molecule has 0 aromatic rings. The number of likely N-dealkylation sites (tertiary alicyclic amines) is 1. The van der Waals surface area contributed by atoms with Crippen molar-refractivity contribution in [3.63, 3.8) is 0 Å². The maximum Gasteiger partial charge on any atom is 0.239 e. The number of nitrogens with zero attached hydrogens (tertiary/aromatic N) is 1. The average molecular weight is 343 g/mol. The fraction of sp³-hybridized carbons (Fsp3) is 0.846. The van der Waals surface area contributed by atoms with Crippen molar-refractivity contribution in [2.75, 3.05) is 32.7 Å². The molecule has 1 aliphatic heterocycles. The highest BCUT2D eigenvalue weighted by Gasteiger charge is 2.17. The molecule has 2 amide bonds. The fourth-order valence-corrected chi connectivity index (χ4v) is 2.01. The summed E-state index contributed by atoms with van der Waals surface area (Å²) in [6, 6.07) is -0.558. The third kappa shape index (κ3) is 9.14. The van der Waals surface area contributed by atoms with Crippen LogP contribution in [0.4, 0.5) is 0 Å². The highest BCUT2D eigenvalue weighted by molar-refractivity contribution is 5.87. The van der Waals surface area contributed by atoms with Gasteiger partial charge in [0.1, 0.15) is 0 Å². The molecule has 4 N–H and O–H groups in total. The largest absolute Gasteiger partial charge is 0.353 e. The fourth-order valence-electron chi connectivity index (χ4n) is 2.01. The third-order valence-corrected chi connectivity index (χ3v) is 3.39. The zero-order valence-electron chi connectivity index (χ0n) is 12.8. The molecule has 8 heteroatoms. The molecule has 0 spiro atoms. The number of carbonyl (C=O) groups is 2. The molecule has 0 aliphatic carbocycles. The quantitative estimate of drug-likeness (QED) is 0.614. The number of carbonyl (C=O) groups excluding carboxylic acids is 2. The van der Waals surface area contributed by atoms with E-state index in [1.807, 2.05) is 13.8 Å². The van der Waals surface area contributed by atoms with Crippen LogP contribution >= 0.6 is 24.8 Å². The van der Waals surface area contributed by atoms with Crippen LogP contribution in [0.2, 0.25) is 0 Å². The maximum atomic E-state index is 11.5. The molecule has 1 fully saturated rings. The lowest BCUT2D eigenvalue weighted by Gasteiger charge is -2.16. The molecule has 1 rings (SSSR count). The molecule has 1 heterocycles. The normalized spacial score (nSPS) is 15.8. The lowest BCUT2D eigenvalue weighted by molar-refractivity contribution is -0.127. The maximum absolute atomic E-state index is 11.5. The minimum Gasteiger partial charge on any atom is -0.353 e. The number of nitrogens with one attached hydrogen (secondary N) is 2. The molecule has 1 atom stereocenters. The smallest absolute Gasteiger partial charge is 0.239 e. The van der Waals surface area contributed by atoms with Gasteiger partial charge in [-0.1, -0.05) is 13.8 Å². The van der Waals surface area contributed by atoms with E-state index in [2.05, 4.69) is 15.5 Å². The average Bonchev–Trinajstić information content (AvgIpc) is 2.88. The van der Waals surface area contributed by atoms with E-state index in [1.54, 1.807) is 0 Å². The van der Waals surface area contributed by atoms with E-state index in [4.69, 9.17) is 5.73 Å². The van der Waals surface area contributed by atoms with Gasteiger partial charge in [0.05, 0.1) is 12.6 Å². The van der Waals surface area contributed by atoms with Crippen LogP contribution in [0.25, 0.3) is 0 Å². The Morgan fingerprint density at radius 1 is 1.14 bits per heavy atom. The second-order valence-corrected chi connectivity index (χ2v) is 5.39. The molecule has 21 heavy (non-hydrogen) atoms. The highest BCUT2D eigenvalue weighted by Crippen LogP contribution is 2.05. The van der Waals surface area contributed by atoms with Gasteiger partial charge >= 0.3 is 0 Å². The Morgan fingerprint density at radius 2 is 1.71 bits per heavy atom. The summed E-state index contributed by atoms with van der Waals surface area (Å²) in [4.78, 5) is 25.4. The SMILES string of the molecule is CC(C)[C@H](N)C(=O)NCC(=O)NCCN1CCCC1.Cl.Cl. The van der Waals surface area contributed by atoms with Gasteiger partial charge in [-0.05, 0) is 31.8 Å². The first-order valence-corrected chi connectivity index (χ1v) is 7.03. The van der Waals surface area contributed by atoms with Crippen LogP contribution in [0.3, 0.4) is 0 Å². The Morgan fingerprint density at radius 3 is 2.24 bits per heavy atom. The molecular weight excluding hydrogens is 315 g/mol. The van der Waals surface area contributed by atoms with Crippen molar-refractivity contribution in [3.05, 3.63) is 0 Å². The van der Waals surface area contributed by atoms with Crippen LogP contribution in [0, 0.1) is 5.92 Å². The Kier molecular flexibility index (Phi) is 13.0. The number of amides is 2. The first-order chi connectivity index (χ1) is 9.00. The Hall–Kier alpha value is -0.560. The zero-order chi connectivity index (χ0) is 14.3. The summed E-state index contributed by atoms with van der Waals surface area (Å²) in [7, 11) is 0. The van der Waals surface area contributed by atoms with Gasteiger partial charge < -0.3 is 21.3 Å². The monoisotopic (exact) mass is 342 g/mol. The number of hydrogen-bond donors (Lipinski definition) is 3. The zero-order valence-corrected chi connectivity index (χ0v) is 14.4. The first-order valence-electron chi connectivity index (χ1n) is 7.03. The molecule has 0 aromatic heterocycles. The van der Waals surface area contributed by atoms with Crippen LogP contribution in [0.15, 0.2) is 0 Å². The van der Waals surface area contributed by atoms with E-state index >= 15 is 0 Å². The number of rotatable bonds is 7. The molecule has 0 radical (unpaired) electrons. The molecular formula is C13H28Cl2N4O2. The minimum absolute atomic E-state index is 0. The lowest BCUT2D eigenvalue weighted by Crippen LogP contribution is -2.47. The Labute approximate surface area is 139 Å². The predicted molar refractivity (Wildman–Crippen MR) is 89.0 cm³/mol. The van der Waals surface area contributed by atoms with Gasteiger partial charge in [-0.15, -0.1) is 24.8 Å². The molecule has 1 saturated heterocycles. The third-order valence-electron chi connectivity index (χ3n) is 3.39. The van der Waals surface area contributed by atoms with Crippen molar-refractivity contribution in [1.82, 2.24) is 15.5 Å². The Bertz CT molecular complexity index is 311. The van der Waals surface area contributed by atoms with Gasteiger partial charge in [0, 0.05) is 13.1 Å². The van der Waals surface area contributed by atoms with E-state index < -0.39 is 6.04 Å². The van der Waals surface area contributed by atoms with Crippen molar-refractivity contribution in [1.29, 1.82) is 0 Å². The van der Waals surface area contributed by atoms with Crippen LogP contribution in [0.1, 0.15) is 26.7 Å². The summed E-state index contributed by atoms with van der Waals surface area (Å²) in [5.41, 5.74) is 5.68. The van der Waals surface area contributed by atoms with Gasteiger partial charge in [-0.25, -0.2) is 0 Å². The molecule has 0 saturated carbocycles. The number of halogens is 2. The Balaban J connectivity index is 0. The van der Waals surface area contributed by atoms with Gasteiger partial charge in [0.25, 0.3) is 0 Å². The summed E-state index contributed by atoms with van der Waals surface area (Å²) in [5, 5.41) is 5.35. The highest BCUT2D eigenvalue weighted by atomic mass is 35.5. The van der Waals surface area contributed by atoms with Gasteiger partial charge in [0.15, 0.2) is 0 Å². The number of hydrogen-bond acceptors (Lipinski definition) is 4. The second kappa shape index (κ2) is 12.0. The lowest BCUT2D eigenvalue weighted by atomic mass is 10.1. The number of nitrogens with two attached hydrogens (primary N) is 1. The molecule has 6 nitrogen and oxygen atoms in total. The van der Waals surface area contributed by atoms with Crippen LogP contribution in [0.5, 0.6) is 0 Å². The second-order valence-electron chi connectivity index (χ2n) is 5.39. The van der Waals surface area contributed by atoms with Gasteiger partial charge in [-0.3, -0.25) is 9.59 Å². The van der Waals surface area contributed by atoms with Crippen molar-refractivity contribution < 1.29 is 9.59 Å². The standard InChI is InChI=1S/C13H26N4O2.2ClH/c1-10(2)12(14)13(19)16-9-11(18)15-5-8-17-6-3-4-7-17;;/h10,12H,3-9,14H2,1-2H3,(H,15,18)(H,16,19);2*1H/t12-;;/m0../s1. The van der Waals surface area contributed by atoms with Gasteiger partial charge in [-0.2, -0.15) is 0 Å². The van der Waals surface area contributed by atoms with E-state index in [9.17, 15) is 9.59 Å². The topological polar surface area (TPSA) is 87.5 Å². The van der Waals surface area contributed by atoms with Crippen LogP contribution in [-0.4, -0.2) is 55.5 Å². The molecule has 0 bridgehead atoms. The van der Waals surface area contributed by atoms with Crippen molar-refractivity contribution in [3.8, 4) is 0 Å². The first kappa shape index (κ1) is 22.7. The van der Waals surface area contributed by atoms with Crippen molar-refractivity contribution in [2.24, 2.45) is 11.7 Å². The van der Waals surface area contributed by atoms with Crippen molar-refractivity contribution in [2.45, 2.75) is 32.7 Å². The van der Waals surface area contributed by atoms with E-state index in [1.165, 1.54) is 12.8 Å². The predicted octanol–water partition coefficient (Wildman–Crippen LogP) is 0.142. The molecule has 1 aliphatic rings. The van der Waals surface area contributed by atoms with Crippen LogP contribution < -0.4 is 16.4 Å². The van der Waals surface area contributed by atoms with E-state index in [-0.39, 0.29) is 49.1 Å². The summed E-state index contributed by atoms with van der Waals surface area (Å²) >= 11 is 0. The summed E-state index contributed by atoms with van der Waals surface area (Å²) < 4.78 is 0. The van der Waals surface area contributed by atoms with Crippen molar-refractivity contribution >= 4 is 36.6 Å². The molecule has 126 valence electrons. The summed E-state index contributed by atoms with van der Waals surface area (Å²) in [5.74, 6) is -0.369.